The summed E-state index contributed by atoms with van der Waals surface area (Å²) < 4.78 is 0. The van der Waals surface area contributed by atoms with E-state index < -0.39 is 0 Å². The summed E-state index contributed by atoms with van der Waals surface area (Å²) in [6.07, 6.45) is 7.12. The number of carbonyl (C=O) groups excluding carboxylic acids is 1. The first kappa shape index (κ1) is 15.3. The predicted molar refractivity (Wildman–Crippen MR) is 87.3 cm³/mol. The van der Waals surface area contributed by atoms with E-state index in [1.54, 1.807) is 12.1 Å². The minimum absolute atomic E-state index is 0.234. The largest absolute Gasteiger partial charge is 0.316 e. The van der Waals surface area contributed by atoms with Gasteiger partial charge in [-0.05, 0) is 43.5 Å². The van der Waals surface area contributed by atoms with Gasteiger partial charge in [0.25, 0.3) is 0 Å². The minimum atomic E-state index is -0.244. The molecule has 21 heavy (non-hydrogen) atoms. The Morgan fingerprint density at radius 2 is 2.00 bits per heavy atom. The lowest BCUT2D eigenvalue weighted by atomic mass is 9.72. The minimum Gasteiger partial charge on any atom is -0.316 e. The van der Waals surface area contributed by atoms with Crippen molar-refractivity contribution in [2.24, 2.45) is 11.3 Å². The first-order valence-electron chi connectivity index (χ1n) is 7.81. The van der Waals surface area contributed by atoms with Gasteiger partial charge in [0.2, 0.25) is 0 Å². The molecule has 3 rings (SSSR count). The number of hydrogen-bond donors (Lipinski definition) is 1. The molecule has 1 saturated heterocycles. The number of nitrogens with one attached hydrogen (secondary N) is 1. The topological polar surface area (TPSA) is 29.1 Å². The summed E-state index contributed by atoms with van der Waals surface area (Å²) in [7, 11) is 0. The van der Waals surface area contributed by atoms with E-state index in [2.05, 4.69) is 5.32 Å². The summed E-state index contributed by atoms with van der Waals surface area (Å²) in [5, 5.41) is 4.35. The Balaban J connectivity index is 1.85. The Morgan fingerprint density at radius 1 is 1.24 bits per heavy atom. The van der Waals surface area contributed by atoms with Gasteiger partial charge in [-0.2, -0.15) is 0 Å². The van der Waals surface area contributed by atoms with E-state index in [0.29, 0.717) is 21.5 Å². The molecule has 0 aromatic heterocycles. The summed E-state index contributed by atoms with van der Waals surface area (Å²) >= 11 is 12.0. The van der Waals surface area contributed by atoms with E-state index in [0.717, 1.165) is 25.9 Å². The van der Waals surface area contributed by atoms with Gasteiger partial charge in [-0.3, -0.25) is 4.79 Å². The quantitative estimate of drug-likeness (QED) is 0.810. The van der Waals surface area contributed by atoms with Crippen molar-refractivity contribution in [1.29, 1.82) is 0 Å². The monoisotopic (exact) mass is 325 g/mol. The summed E-state index contributed by atoms with van der Waals surface area (Å²) in [5.41, 5.74) is 0.456. The van der Waals surface area contributed by atoms with E-state index in [9.17, 15) is 4.79 Å². The summed E-state index contributed by atoms with van der Waals surface area (Å²) in [5.74, 6) is 0.939. The van der Waals surface area contributed by atoms with Crippen LogP contribution >= 0.6 is 23.2 Å². The van der Waals surface area contributed by atoms with Gasteiger partial charge in [-0.25, -0.2) is 0 Å². The van der Waals surface area contributed by atoms with E-state index in [-0.39, 0.29) is 11.2 Å². The van der Waals surface area contributed by atoms with Gasteiger partial charge >= 0.3 is 0 Å². The second-order valence-electron chi connectivity index (χ2n) is 6.52. The number of Topliss-reactive ketones (excluding diaryl/α,β-unsaturated/α-hetero) is 1. The molecule has 114 valence electrons. The first-order chi connectivity index (χ1) is 10.1. The number of ketones is 1. The maximum atomic E-state index is 13.1. The second-order valence-corrected chi connectivity index (χ2v) is 7.33. The Bertz CT molecular complexity index is 532. The van der Waals surface area contributed by atoms with Crippen LogP contribution in [0.5, 0.6) is 0 Å². The Kier molecular flexibility index (Phi) is 4.58. The van der Waals surface area contributed by atoms with Crippen molar-refractivity contribution < 1.29 is 4.79 Å². The van der Waals surface area contributed by atoms with E-state index in [1.165, 1.54) is 25.7 Å². The fourth-order valence-electron chi connectivity index (χ4n) is 3.92. The van der Waals surface area contributed by atoms with Crippen molar-refractivity contribution in [2.75, 3.05) is 13.1 Å². The SMILES string of the molecule is O=C(c1ccc(Cl)c(Cl)c1)C1(CC2CCCC2)CCNC1. The smallest absolute Gasteiger partial charge is 0.170 e. The lowest BCUT2D eigenvalue weighted by Gasteiger charge is -2.30. The van der Waals surface area contributed by atoms with Crippen LogP contribution in [0.4, 0.5) is 0 Å². The highest BCUT2D eigenvalue weighted by Gasteiger charge is 2.43. The van der Waals surface area contributed by atoms with Gasteiger partial charge in [0.15, 0.2) is 5.78 Å². The number of hydrogen-bond acceptors (Lipinski definition) is 2. The fraction of sp³-hybridized carbons (Fsp3) is 0.588. The molecule has 0 bridgehead atoms. The molecule has 0 amide bonds. The van der Waals surface area contributed by atoms with Crippen molar-refractivity contribution in [3.05, 3.63) is 33.8 Å². The number of rotatable bonds is 4. The Labute approximate surface area is 136 Å². The molecule has 1 aromatic carbocycles. The lowest BCUT2D eigenvalue weighted by molar-refractivity contribution is 0.0775. The zero-order chi connectivity index (χ0) is 14.9. The van der Waals surface area contributed by atoms with Gasteiger partial charge in [-0.15, -0.1) is 0 Å². The molecule has 1 atom stereocenters. The highest BCUT2D eigenvalue weighted by Crippen LogP contribution is 2.42. The Morgan fingerprint density at radius 3 is 2.62 bits per heavy atom. The third-order valence-electron chi connectivity index (χ3n) is 5.06. The average molecular weight is 326 g/mol. The van der Waals surface area contributed by atoms with Crippen molar-refractivity contribution >= 4 is 29.0 Å². The van der Waals surface area contributed by atoms with E-state index in [1.807, 2.05) is 6.07 Å². The van der Waals surface area contributed by atoms with Gasteiger partial charge < -0.3 is 5.32 Å². The third kappa shape index (κ3) is 3.13. The van der Waals surface area contributed by atoms with Crippen molar-refractivity contribution in [2.45, 2.75) is 38.5 Å². The van der Waals surface area contributed by atoms with Crippen molar-refractivity contribution in [3.63, 3.8) is 0 Å². The molecule has 1 aromatic rings. The summed E-state index contributed by atoms with van der Waals surface area (Å²) in [6.45, 7) is 1.72. The maximum absolute atomic E-state index is 13.1. The highest BCUT2D eigenvalue weighted by atomic mass is 35.5. The second kappa shape index (κ2) is 6.28. The molecule has 1 unspecified atom stereocenters. The molecule has 0 radical (unpaired) electrons. The van der Waals surface area contributed by atoms with Crippen LogP contribution in [0.1, 0.15) is 48.9 Å². The molecule has 1 saturated carbocycles. The van der Waals surface area contributed by atoms with Gasteiger partial charge in [0.1, 0.15) is 0 Å². The standard InChI is InChI=1S/C17H21Cl2NO/c18-14-6-5-13(9-15(14)19)16(21)17(7-8-20-11-17)10-12-3-1-2-4-12/h5-6,9,12,20H,1-4,7-8,10-11H2. The molecule has 1 aliphatic heterocycles. The van der Waals surface area contributed by atoms with E-state index >= 15 is 0 Å². The molecular formula is C17H21Cl2NO. The normalized spacial score (nSPS) is 26.4. The lowest BCUT2D eigenvalue weighted by Crippen LogP contribution is -2.35. The van der Waals surface area contributed by atoms with E-state index in [4.69, 9.17) is 23.2 Å². The summed E-state index contributed by atoms with van der Waals surface area (Å²) in [4.78, 5) is 13.1. The average Bonchev–Trinajstić information content (AvgIpc) is 3.14. The highest BCUT2D eigenvalue weighted by molar-refractivity contribution is 6.42. The first-order valence-corrected chi connectivity index (χ1v) is 8.57. The fourth-order valence-corrected chi connectivity index (χ4v) is 4.21. The van der Waals surface area contributed by atoms with Crippen molar-refractivity contribution in [1.82, 2.24) is 5.32 Å². The molecule has 1 heterocycles. The van der Waals surface area contributed by atoms with Crippen LogP contribution in [0, 0.1) is 11.3 Å². The molecule has 2 nitrogen and oxygen atoms in total. The van der Waals surface area contributed by atoms with Crippen LogP contribution in [-0.4, -0.2) is 18.9 Å². The van der Waals surface area contributed by atoms with Crippen LogP contribution in [0.2, 0.25) is 10.0 Å². The molecule has 2 fully saturated rings. The zero-order valence-corrected chi connectivity index (χ0v) is 13.6. The van der Waals surface area contributed by atoms with Crippen LogP contribution in [0.15, 0.2) is 18.2 Å². The number of benzene rings is 1. The van der Waals surface area contributed by atoms with Crippen LogP contribution in [-0.2, 0) is 0 Å². The van der Waals surface area contributed by atoms with Crippen LogP contribution in [0.3, 0.4) is 0 Å². The van der Waals surface area contributed by atoms with Gasteiger partial charge in [0.05, 0.1) is 10.0 Å². The summed E-state index contributed by atoms with van der Waals surface area (Å²) in [6, 6.07) is 5.26. The molecule has 2 aliphatic rings. The zero-order valence-electron chi connectivity index (χ0n) is 12.1. The number of carbonyl (C=O) groups is 1. The van der Waals surface area contributed by atoms with Crippen molar-refractivity contribution in [3.8, 4) is 0 Å². The third-order valence-corrected chi connectivity index (χ3v) is 5.80. The van der Waals surface area contributed by atoms with Gasteiger partial charge in [0, 0.05) is 17.5 Å². The van der Waals surface area contributed by atoms with Crippen LogP contribution in [0.25, 0.3) is 0 Å². The molecule has 1 N–H and O–H groups in total. The molecule has 1 aliphatic carbocycles. The molecule has 4 heteroatoms. The number of halogens is 2. The molecular weight excluding hydrogens is 305 g/mol. The maximum Gasteiger partial charge on any atom is 0.170 e. The van der Waals surface area contributed by atoms with Crippen LogP contribution < -0.4 is 5.32 Å². The van der Waals surface area contributed by atoms with Gasteiger partial charge in [-0.1, -0.05) is 48.9 Å². The predicted octanol–water partition coefficient (Wildman–Crippen LogP) is 4.74. The Hall–Kier alpha value is -0.570. The molecule has 0 spiro atoms.